The van der Waals surface area contributed by atoms with Crippen LogP contribution in [-0.2, 0) is 6.18 Å². The molecule has 2 atom stereocenters. The third-order valence-corrected chi connectivity index (χ3v) is 6.41. The zero-order valence-corrected chi connectivity index (χ0v) is 16.0. The van der Waals surface area contributed by atoms with Crippen LogP contribution in [0.4, 0.5) is 24.9 Å². The second-order valence-corrected chi connectivity index (χ2v) is 8.14. The highest BCUT2D eigenvalue weighted by Crippen LogP contribution is 2.42. The number of aromatic amines is 1. The molecule has 8 heteroatoms. The highest BCUT2D eigenvalue weighted by atomic mass is 19.4. The first-order valence-corrected chi connectivity index (χ1v) is 9.89. The second kappa shape index (κ2) is 6.73. The van der Waals surface area contributed by atoms with Gasteiger partial charge in [-0.05, 0) is 68.5 Å². The summed E-state index contributed by atoms with van der Waals surface area (Å²) in [5, 5.41) is 2.95. The molecule has 2 fully saturated rings. The van der Waals surface area contributed by atoms with E-state index in [4.69, 9.17) is 0 Å². The quantitative estimate of drug-likeness (QED) is 0.644. The van der Waals surface area contributed by atoms with E-state index in [9.17, 15) is 13.2 Å². The van der Waals surface area contributed by atoms with Crippen molar-refractivity contribution in [3.05, 3.63) is 47.7 Å². The fourth-order valence-corrected chi connectivity index (χ4v) is 4.78. The number of H-pyrrole nitrogens is 1. The van der Waals surface area contributed by atoms with Crippen LogP contribution >= 0.6 is 0 Å². The van der Waals surface area contributed by atoms with Gasteiger partial charge in [-0.3, -0.25) is 0 Å². The molecule has 2 aliphatic rings. The Hall–Kier alpha value is -2.61. The van der Waals surface area contributed by atoms with Gasteiger partial charge in [-0.15, -0.1) is 0 Å². The highest BCUT2D eigenvalue weighted by molar-refractivity contribution is 5.79. The van der Waals surface area contributed by atoms with Crippen molar-refractivity contribution in [3.8, 4) is 0 Å². The van der Waals surface area contributed by atoms with E-state index in [0.29, 0.717) is 29.8 Å². The third kappa shape index (κ3) is 3.46. The van der Waals surface area contributed by atoms with Crippen molar-refractivity contribution in [2.75, 3.05) is 12.4 Å². The van der Waals surface area contributed by atoms with Gasteiger partial charge in [0, 0.05) is 18.3 Å². The summed E-state index contributed by atoms with van der Waals surface area (Å²) in [7, 11) is 2.24. The average molecular weight is 401 g/mol. The molecule has 2 aliphatic heterocycles. The summed E-state index contributed by atoms with van der Waals surface area (Å²) in [6.45, 7) is 0. The Bertz CT molecular complexity index is 1010. The Morgan fingerprint density at radius 1 is 1.10 bits per heavy atom. The molecule has 2 bridgehead atoms. The number of nitrogens with zero attached hydrogens (tertiary/aromatic N) is 3. The molecule has 0 spiro atoms. The lowest BCUT2D eigenvalue weighted by Gasteiger charge is -2.36. The predicted octanol–water partition coefficient (Wildman–Crippen LogP) is 5.06. The zero-order chi connectivity index (χ0) is 20.2. The van der Waals surface area contributed by atoms with E-state index >= 15 is 0 Å². The Labute approximate surface area is 166 Å². The molecule has 0 aliphatic carbocycles. The molecule has 5 nitrogen and oxygen atoms in total. The van der Waals surface area contributed by atoms with Crippen LogP contribution in [0.15, 0.2) is 36.5 Å². The maximum absolute atomic E-state index is 12.7. The Balaban J connectivity index is 1.34. The summed E-state index contributed by atoms with van der Waals surface area (Å²) >= 11 is 0. The van der Waals surface area contributed by atoms with E-state index < -0.39 is 11.7 Å². The molecule has 3 aromatic rings. The van der Waals surface area contributed by atoms with Crippen molar-refractivity contribution in [2.24, 2.45) is 0 Å². The molecule has 5 rings (SSSR count). The molecule has 0 saturated carbocycles. The molecule has 2 aromatic heterocycles. The first-order chi connectivity index (χ1) is 13.9. The summed E-state index contributed by atoms with van der Waals surface area (Å²) in [5.74, 6) is 1.33. The Morgan fingerprint density at radius 3 is 2.52 bits per heavy atom. The fourth-order valence-electron chi connectivity index (χ4n) is 4.78. The smallest absolute Gasteiger partial charge is 0.324 e. The lowest BCUT2D eigenvalue weighted by molar-refractivity contribution is -0.137. The molecule has 152 valence electrons. The van der Waals surface area contributed by atoms with Gasteiger partial charge in [0.2, 0.25) is 5.95 Å². The van der Waals surface area contributed by atoms with Crippen LogP contribution in [0.2, 0.25) is 0 Å². The number of halogens is 3. The van der Waals surface area contributed by atoms with Gasteiger partial charge in [0.25, 0.3) is 0 Å². The number of fused-ring (bicyclic) bond motifs is 3. The number of alkyl halides is 3. The number of rotatable bonds is 3. The highest BCUT2D eigenvalue weighted by Gasteiger charge is 2.38. The van der Waals surface area contributed by atoms with Gasteiger partial charge in [-0.25, -0.2) is 9.97 Å². The van der Waals surface area contributed by atoms with Crippen LogP contribution in [0.1, 0.15) is 42.7 Å². The molecule has 0 amide bonds. The molecule has 2 N–H and O–H groups in total. The number of aromatic nitrogens is 3. The normalized spacial score (nSPS) is 24.9. The van der Waals surface area contributed by atoms with Crippen molar-refractivity contribution in [1.29, 1.82) is 0 Å². The van der Waals surface area contributed by atoms with Gasteiger partial charge in [-0.2, -0.15) is 13.2 Å². The number of anilines is 2. The summed E-state index contributed by atoms with van der Waals surface area (Å²) in [6.07, 6.45) is 1.38. The van der Waals surface area contributed by atoms with E-state index in [1.807, 2.05) is 6.07 Å². The van der Waals surface area contributed by atoms with Gasteiger partial charge >= 0.3 is 6.18 Å². The van der Waals surface area contributed by atoms with E-state index in [1.165, 1.54) is 37.3 Å². The van der Waals surface area contributed by atoms with Crippen LogP contribution in [0.3, 0.4) is 0 Å². The minimum Gasteiger partial charge on any atom is -0.324 e. The standard InChI is InChI=1S/C21H22F3N5/c1-29-15-4-5-16(29)9-13(8-15)12-2-6-17-18(10-12)27-20(26-17)28-19-7-3-14(11-25-19)21(22,23)24/h2-3,6-7,10-11,13,15-16H,4-5,8-9H2,1H3,(H2,25,26,27,28)/t15-,16-/m0/s1. The molecular weight excluding hydrogens is 379 g/mol. The van der Waals surface area contributed by atoms with E-state index in [2.05, 4.69) is 44.3 Å². The molecule has 29 heavy (non-hydrogen) atoms. The van der Waals surface area contributed by atoms with Gasteiger partial charge in [-0.1, -0.05) is 6.07 Å². The monoisotopic (exact) mass is 401 g/mol. The molecule has 1 aromatic carbocycles. The maximum atomic E-state index is 12.7. The molecular formula is C21H22F3N5. The van der Waals surface area contributed by atoms with Gasteiger partial charge in [0.1, 0.15) is 5.82 Å². The van der Waals surface area contributed by atoms with E-state index in [1.54, 1.807) is 0 Å². The van der Waals surface area contributed by atoms with E-state index in [0.717, 1.165) is 23.3 Å². The van der Waals surface area contributed by atoms with Crippen molar-refractivity contribution in [1.82, 2.24) is 19.9 Å². The number of hydrogen-bond donors (Lipinski definition) is 2. The van der Waals surface area contributed by atoms with Crippen LogP contribution in [0.25, 0.3) is 11.0 Å². The Kier molecular flexibility index (Phi) is 4.27. The topological polar surface area (TPSA) is 56.8 Å². The Morgan fingerprint density at radius 2 is 1.86 bits per heavy atom. The number of imidazole rings is 1. The molecule has 0 radical (unpaired) electrons. The number of hydrogen-bond acceptors (Lipinski definition) is 4. The minimum absolute atomic E-state index is 0.309. The van der Waals surface area contributed by atoms with Crippen LogP contribution < -0.4 is 5.32 Å². The summed E-state index contributed by atoms with van der Waals surface area (Å²) < 4.78 is 38.0. The number of benzene rings is 1. The largest absolute Gasteiger partial charge is 0.417 e. The molecule has 2 saturated heterocycles. The maximum Gasteiger partial charge on any atom is 0.417 e. The minimum atomic E-state index is -4.39. The fraction of sp³-hybridized carbons (Fsp3) is 0.429. The van der Waals surface area contributed by atoms with Crippen molar-refractivity contribution in [3.63, 3.8) is 0 Å². The van der Waals surface area contributed by atoms with Crippen molar-refractivity contribution < 1.29 is 13.2 Å². The van der Waals surface area contributed by atoms with Crippen LogP contribution in [0, 0.1) is 0 Å². The number of nitrogens with one attached hydrogen (secondary N) is 2. The first kappa shape index (κ1) is 18.4. The van der Waals surface area contributed by atoms with E-state index in [-0.39, 0.29) is 0 Å². The van der Waals surface area contributed by atoms with Crippen LogP contribution in [0.5, 0.6) is 0 Å². The van der Waals surface area contributed by atoms with Gasteiger partial charge < -0.3 is 15.2 Å². The third-order valence-electron chi connectivity index (χ3n) is 6.41. The molecule has 0 unspecified atom stereocenters. The van der Waals surface area contributed by atoms with Crippen molar-refractivity contribution in [2.45, 2.75) is 49.9 Å². The van der Waals surface area contributed by atoms with Gasteiger partial charge in [0.15, 0.2) is 0 Å². The van der Waals surface area contributed by atoms with Crippen molar-refractivity contribution >= 4 is 22.8 Å². The second-order valence-electron chi connectivity index (χ2n) is 8.14. The number of piperidine rings is 1. The lowest BCUT2D eigenvalue weighted by atomic mass is 9.85. The SMILES string of the molecule is CN1[C@H]2CC[C@H]1CC(c1ccc3nc(Nc4ccc(C(F)(F)F)cn4)[nH]c3c1)C2. The van der Waals surface area contributed by atoms with Gasteiger partial charge in [0.05, 0.1) is 16.6 Å². The summed E-state index contributed by atoms with van der Waals surface area (Å²) in [5.41, 5.74) is 2.29. The van der Waals surface area contributed by atoms with Crippen LogP contribution in [-0.4, -0.2) is 39.0 Å². The molecule has 4 heterocycles. The first-order valence-electron chi connectivity index (χ1n) is 9.89. The summed E-state index contributed by atoms with van der Waals surface area (Å²) in [4.78, 5) is 14.1. The summed E-state index contributed by atoms with van der Waals surface area (Å²) in [6, 6.07) is 9.98. The predicted molar refractivity (Wildman–Crippen MR) is 105 cm³/mol. The average Bonchev–Trinajstić information content (AvgIpc) is 3.15. The number of pyridine rings is 1. The zero-order valence-electron chi connectivity index (χ0n) is 16.0. The lowest BCUT2D eigenvalue weighted by Crippen LogP contribution is -2.39.